The molecule has 0 atom stereocenters. The second kappa shape index (κ2) is 2.61. The molecular formula is C10H10N4O2. The van der Waals surface area contributed by atoms with Crippen LogP contribution in [0.3, 0.4) is 0 Å². The van der Waals surface area contributed by atoms with Crippen molar-refractivity contribution >= 4 is 5.97 Å². The first-order valence-corrected chi connectivity index (χ1v) is 5.11. The molecule has 0 unspecified atom stereocenters. The Kier molecular flexibility index (Phi) is 1.52. The Hall–Kier alpha value is -1.90. The molecule has 1 aromatic rings. The molecule has 0 spiro atoms. The van der Waals surface area contributed by atoms with Gasteiger partial charge in [0.25, 0.3) is 0 Å². The van der Waals surface area contributed by atoms with Gasteiger partial charge in [-0.15, -0.1) is 5.10 Å². The zero-order valence-electron chi connectivity index (χ0n) is 8.55. The van der Waals surface area contributed by atoms with E-state index in [-0.39, 0.29) is 16.5 Å². The SMILES string of the molecule is N#CC12CC(Cn3nncc3C(=O)O)(C1)C2. The molecule has 0 aliphatic heterocycles. The molecule has 0 saturated heterocycles. The summed E-state index contributed by atoms with van der Waals surface area (Å²) in [5.41, 5.74) is 0.119. The number of nitriles is 1. The number of carbonyl (C=O) groups is 1. The predicted octanol–water partition coefficient (Wildman–Crippen LogP) is 0.670. The highest BCUT2D eigenvalue weighted by atomic mass is 16.4. The van der Waals surface area contributed by atoms with Gasteiger partial charge in [0.1, 0.15) is 0 Å². The van der Waals surface area contributed by atoms with Crippen molar-refractivity contribution < 1.29 is 9.90 Å². The number of aromatic carboxylic acids is 1. The molecule has 0 radical (unpaired) electrons. The monoisotopic (exact) mass is 218 g/mol. The number of carboxylic acids is 1. The van der Waals surface area contributed by atoms with Crippen LogP contribution in [0.15, 0.2) is 6.20 Å². The van der Waals surface area contributed by atoms with E-state index in [1.165, 1.54) is 10.9 Å². The summed E-state index contributed by atoms with van der Waals surface area (Å²) in [7, 11) is 0. The third kappa shape index (κ3) is 1.03. The molecule has 6 nitrogen and oxygen atoms in total. The zero-order chi connectivity index (χ0) is 11.4. The molecule has 16 heavy (non-hydrogen) atoms. The molecule has 0 amide bonds. The highest BCUT2D eigenvalue weighted by molar-refractivity contribution is 5.85. The van der Waals surface area contributed by atoms with Crippen LogP contribution in [0.25, 0.3) is 0 Å². The van der Waals surface area contributed by atoms with E-state index in [0.717, 1.165) is 19.3 Å². The molecule has 82 valence electrons. The maximum absolute atomic E-state index is 10.9. The first-order chi connectivity index (χ1) is 7.58. The van der Waals surface area contributed by atoms with Crippen molar-refractivity contribution in [3.63, 3.8) is 0 Å². The summed E-state index contributed by atoms with van der Waals surface area (Å²) in [6, 6.07) is 2.32. The molecule has 3 aliphatic rings. The Balaban J connectivity index is 1.76. The molecule has 1 N–H and O–H groups in total. The Morgan fingerprint density at radius 1 is 1.62 bits per heavy atom. The van der Waals surface area contributed by atoms with Crippen LogP contribution in [-0.2, 0) is 6.54 Å². The van der Waals surface area contributed by atoms with Gasteiger partial charge in [0, 0.05) is 6.54 Å². The highest BCUT2D eigenvalue weighted by Gasteiger charge is 2.68. The van der Waals surface area contributed by atoms with Crippen LogP contribution in [0.4, 0.5) is 0 Å². The lowest BCUT2D eigenvalue weighted by Gasteiger charge is -2.67. The van der Waals surface area contributed by atoms with Gasteiger partial charge >= 0.3 is 5.97 Å². The van der Waals surface area contributed by atoms with Gasteiger partial charge in [0.2, 0.25) is 0 Å². The first kappa shape index (κ1) is 9.33. The number of hydrogen-bond donors (Lipinski definition) is 1. The fourth-order valence-corrected chi connectivity index (χ4v) is 3.14. The van der Waals surface area contributed by atoms with Crippen molar-refractivity contribution in [1.82, 2.24) is 15.0 Å². The van der Waals surface area contributed by atoms with Crippen molar-refractivity contribution in [2.24, 2.45) is 10.8 Å². The molecule has 0 aromatic carbocycles. The van der Waals surface area contributed by atoms with Crippen molar-refractivity contribution in [3.8, 4) is 6.07 Å². The van der Waals surface area contributed by atoms with E-state index >= 15 is 0 Å². The van der Waals surface area contributed by atoms with E-state index in [9.17, 15) is 4.79 Å². The summed E-state index contributed by atoms with van der Waals surface area (Å²) in [4.78, 5) is 10.9. The van der Waals surface area contributed by atoms with Crippen LogP contribution < -0.4 is 0 Å². The highest BCUT2D eigenvalue weighted by Crippen LogP contribution is 2.73. The van der Waals surface area contributed by atoms with Crippen LogP contribution in [0.2, 0.25) is 0 Å². The minimum absolute atomic E-state index is 0.105. The molecule has 1 aromatic heterocycles. The topological polar surface area (TPSA) is 91.8 Å². The van der Waals surface area contributed by atoms with Crippen LogP contribution in [0.1, 0.15) is 29.8 Å². The summed E-state index contributed by atoms with van der Waals surface area (Å²) in [5.74, 6) is -1.01. The lowest BCUT2D eigenvalue weighted by Crippen LogP contribution is -2.62. The van der Waals surface area contributed by atoms with E-state index in [4.69, 9.17) is 10.4 Å². The average Bonchev–Trinajstić information content (AvgIpc) is 2.56. The fourth-order valence-electron chi connectivity index (χ4n) is 3.14. The summed E-state index contributed by atoms with van der Waals surface area (Å²) in [6.45, 7) is 0.568. The third-order valence-corrected chi connectivity index (χ3v) is 3.70. The summed E-state index contributed by atoms with van der Waals surface area (Å²) in [6.07, 6.45) is 3.87. The van der Waals surface area contributed by atoms with E-state index in [1.807, 2.05) is 0 Å². The quantitative estimate of drug-likeness (QED) is 0.804. The number of rotatable bonds is 3. The standard InChI is InChI=1S/C10H10N4O2/c11-5-9-2-10(3-9,4-9)6-14-7(8(15)16)1-12-13-14/h1H,2-4,6H2,(H,15,16). The Bertz CT molecular complexity index is 493. The molecule has 2 bridgehead atoms. The van der Waals surface area contributed by atoms with E-state index in [2.05, 4.69) is 16.4 Å². The first-order valence-electron chi connectivity index (χ1n) is 5.11. The van der Waals surface area contributed by atoms with Crippen LogP contribution in [0, 0.1) is 22.2 Å². The smallest absolute Gasteiger partial charge is 0.355 e. The molecule has 6 heteroatoms. The fraction of sp³-hybridized carbons (Fsp3) is 0.600. The van der Waals surface area contributed by atoms with Gasteiger partial charge in [-0.05, 0) is 24.7 Å². The Morgan fingerprint density at radius 2 is 2.31 bits per heavy atom. The number of aromatic nitrogens is 3. The van der Waals surface area contributed by atoms with Gasteiger partial charge in [-0.2, -0.15) is 5.26 Å². The maximum Gasteiger partial charge on any atom is 0.355 e. The minimum atomic E-state index is -1.01. The minimum Gasteiger partial charge on any atom is -0.476 e. The van der Waals surface area contributed by atoms with Gasteiger partial charge in [0.15, 0.2) is 5.69 Å². The van der Waals surface area contributed by atoms with Crippen LogP contribution in [0.5, 0.6) is 0 Å². The lowest BCUT2D eigenvalue weighted by atomic mass is 9.36. The van der Waals surface area contributed by atoms with E-state index < -0.39 is 5.97 Å². The van der Waals surface area contributed by atoms with Gasteiger partial charge in [-0.3, -0.25) is 0 Å². The van der Waals surface area contributed by atoms with Gasteiger partial charge in [-0.25, -0.2) is 9.48 Å². The molecule has 4 rings (SSSR count). The predicted molar refractivity (Wildman–Crippen MR) is 51.3 cm³/mol. The van der Waals surface area contributed by atoms with E-state index in [1.54, 1.807) is 0 Å². The third-order valence-electron chi connectivity index (χ3n) is 3.70. The van der Waals surface area contributed by atoms with Gasteiger partial charge in [-0.1, -0.05) is 5.21 Å². The van der Waals surface area contributed by atoms with Crippen molar-refractivity contribution in [2.75, 3.05) is 0 Å². The van der Waals surface area contributed by atoms with Crippen molar-refractivity contribution in [2.45, 2.75) is 25.8 Å². The molecule has 3 aliphatic carbocycles. The summed E-state index contributed by atoms with van der Waals surface area (Å²) >= 11 is 0. The number of hydrogen-bond acceptors (Lipinski definition) is 4. The van der Waals surface area contributed by atoms with Crippen LogP contribution in [-0.4, -0.2) is 26.1 Å². The molecule has 3 fully saturated rings. The van der Waals surface area contributed by atoms with Gasteiger partial charge in [0.05, 0.1) is 17.7 Å². The second-order valence-electron chi connectivity index (χ2n) is 5.00. The molecule has 3 saturated carbocycles. The molecular weight excluding hydrogens is 208 g/mol. The van der Waals surface area contributed by atoms with Crippen molar-refractivity contribution in [1.29, 1.82) is 5.26 Å². The average molecular weight is 218 g/mol. The Morgan fingerprint density at radius 3 is 2.88 bits per heavy atom. The molecule has 1 heterocycles. The summed E-state index contributed by atoms with van der Waals surface area (Å²) in [5, 5.41) is 25.2. The number of nitrogens with zero attached hydrogens (tertiary/aromatic N) is 4. The largest absolute Gasteiger partial charge is 0.476 e. The van der Waals surface area contributed by atoms with E-state index in [0.29, 0.717) is 6.54 Å². The summed E-state index contributed by atoms with van der Waals surface area (Å²) < 4.78 is 1.43. The zero-order valence-corrected chi connectivity index (χ0v) is 8.55. The Labute approximate surface area is 91.5 Å². The van der Waals surface area contributed by atoms with Crippen molar-refractivity contribution in [3.05, 3.63) is 11.9 Å². The van der Waals surface area contributed by atoms with Crippen LogP contribution >= 0.6 is 0 Å². The normalized spacial score (nSPS) is 34.7. The maximum atomic E-state index is 10.9. The second-order valence-corrected chi connectivity index (χ2v) is 5.00. The lowest BCUT2D eigenvalue weighted by molar-refractivity contribution is -0.174. The number of carboxylic acid groups (broad SMARTS) is 1. The van der Waals surface area contributed by atoms with Gasteiger partial charge < -0.3 is 5.11 Å².